The number of benzene rings is 2. The molecule has 1 fully saturated rings. The van der Waals surface area contributed by atoms with Crippen LogP contribution in [-0.2, 0) is 0 Å². The van der Waals surface area contributed by atoms with Crippen LogP contribution in [-0.4, -0.2) is 35.7 Å². The molecule has 1 aliphatic heterocycles. The number of hydrogen-bond donors (Lipinski definition) is 1. The molecule has 2 N–H and O–H groups in total. The Morgan fingerprint density at radius 2 is 1.73 bits per heavy atom. The van der Waals surface area contributed by atoms with Gasteiger partial charge < -0.3 is 10.6 Å². The van der Waals surface area contributed by atoms with Crippen molar-refractivity contribution >= 4 is 24.1 Å². The molecule has 2 aromatic carbocycles. The first-order chi connectivity index (χ1) is 12.0. The quantitative estimate of drug-likeness (QED) is 0.838. The minimum atomic E-state index is -0.117. The summed E-state index contributed by atoms with van der Waals surface area (Å²) in [6.45, 7) is 5.24. The Labute approximate surface area is 160 Å². The largest absolute Gasteiger partial charge is 0.337 e. The summed E-state index contributed by atoms with van der Waals surface area (Å²) in [6.07, 6.45) is 1.84. The fraction of sp³-hybridized carbons (Fsp3) is 0.333. The third-order valence-electron chi connectivity index (χ3n) is 4.92. The molecule has 1 saturated heterocycles. The predicted octanol–water partition coefficient (Wildman–Crippen LogP) is 3.52. The van der Waals surface area contributed by atoms with Gasteiger partial charge in [0.1, 0.15) is 0 Å². The number of carbonyl (C=O) groups is 2. The lowest BCUT2D eigenvalue weighted by atomic mass is 9.95. The van der Waals surface area contributed by atoms with E-state index in [4.69, 9.17) is 5.73 Å². The van der Waals surface area contributed by atoms with Crippen LogP contribution in [0.15, 0.2) is 42.5 Å². The monoisotopic (exact) mass is 372 g/mol. The van der Waals surface area contributed by atoms with E-state index < -0.39 is 0 Å². The first-order valence-corrected chi connectivity index (χ1v) is 8.73. The number of rotatable bonds is 3. The molecule has 0 spiro atoms. The molecule has 5 heteroatoms. The molecular weight excluding hydrogens is 348 g/mol. The molecule has 0 saturated carbocycles. The standard InChI is InChI=1S/C21H24N2O2.ClH/c1-14-9-10-16(12-15(14)2)20(24)18-7-3-4-8-19(18)21(25)23-11-5-6-17(22)13-23;/h3-4,7-10,12,17H,5-6,11,13,22H2,1-2H3;1H. The van der Waals surface area contributed by atoms with E-state index in [1.54, 1.807) is 29.2 Å². The summed E-state index contributed by atoms with van der Waals surface area (Å²) >= 11 is 0. The molecule has 0 radical (unpaired) electrons. The molecule has 1 atom stereocenters. The van der Waals surface area contributed by atoms with E-state index in [9.17, 15) is 9.59 Å². The molecule has 0 aromatic heterocycles. The summed E-state index contributed by atoms with van der Waals surface area (Å²) in [5, 5.41) is 0. The van der Waals surface area contributed by atoms with Gasteiger partial charge in [-0.05, 0) is 49.9 Å². The van der Waals surface area contributed by atoms with E-state index in [2.05, 4.69) is 0 Å². The average Bonchev–Trinajstić information content (AvgIpc) is 2.63. The van der Waals surface area contributed by atoms with Crippen molar-refractivity contribution in [3.8, 4) is 0 Å². The van der Waals surface area contributed by atoms with Gasteiger partial charge in [-0.25, -0.2) is 0 Å². The first kappa shape index (κ1) is 20.1. The van der Waals surface area contributed by atoms with Crippen LogP contribution in [0.1, 0.15) is 50.2 Å². The molecule has 0 bridgehead atoms. The highest BCUT2D eigenvalue weighted by Crippen LogP contribution is 2.20. The minimum absolute atomic E-state index is 0. The van der Waals surface area contributed by atoms with Gasteiger partial charge in [0.15, 0.2) is 5.78 Å². The lowest BCUT2D eigenvalue weighted by Gasteiger charge is -2.31. The Morgan fingerprint density at radius 1 is 1.04 bits per heavy atom. The summed E-state index contributed by atoms with van der Waals surface area (Å²) in [7, 11) is 0. The van der Waals surface area contributed by atoms with Crippen molar-refractivity contribution < 1.29 is 9.59 Å². The molecular formula is C21H25ClN2O2. The van der Waals surface area contributed by atoms with E-state index in [0.29, 0.717) is 29.8 Å². The summed E-state index contributed by atoms with van der Waals surface area (Å²) in [5.41, 5.74) is 9.73. The molecule has 1 unspecified atom stereocenters. The van der Waals surface area contributed by atoms with Crippen molar-refractivity contribution in [2.45, 2.75) is 32.7 Å². The van der Waals surface area contributed by atoms with Gasteiger partial charge in [-0.2, -0.15) is 0 Å². The normalized spacial score (nSPS) is 16.7. The van der Waals surface area contributed by atoms with Crippen molar-refractivity contribution in [3.05, 3.63) is 70.3 Å². The summed E-state index contributed by atoms with van der Waals surface area (Å²) < 4.78 is 0. The molecule has 26 heavy (non-hydrogen) atoms. The zero-order valence-corrected chi connectivity index (χ0v) is 16.0. The SMILES string of the molecule is Cc1ccc(C(=O)c2ccccc2C(=O)N2CCCC(N)C2)cc1C.Cl. The summed E-state index contributed by atoms with van der Waals surface area (Å²) in [5.74, 6) is -0.226. The number of piperidine rings is 1. The van der Waals surface area contributed by atoms with Gasteiger partial charge in [-0.15, -0.1) is 12.4 Å². The van der Waals surface area contributed by atoms with Crippen molar-refractivity contribution in [3.63, 3.8) is 0 Å². The lowest BCUT2D eigenvalue weighted by molar-refractivity contribution is 0.0705. The van der Waals surface area contributed by atoms with Crippen molar-refractivity contribution in [2.75, 3.05) is 13.1 Å². The maximum atomic E-state index is 13.0. The van der Waals surface area contributed by atoms with Crippen LogP contribution in [0.25, 0.3) is 0 Å². The number of nitrogens with two attached hydrogens (primary N) is 1. The molecule has 1 heterocycles. The van der Waals surface area contributed by atoms with Gasteiger partial charge >= 0.3 is 0 Å². The molecule has 138 valence electrons. The molecule has 3 rings (SSSR count). The lowest BCUT2D eigenvalue weighted by Crippen LogP contribution is -2.46. The molecule has 1 amide bonds. The van der Waals surface area contributed by atoms with Crippen molar-refractivity contribution in [2.24, 2.45) is 5.73 Å². The number of likely N-dealkylation sites (tertiary alicyclic amines) is 1. The highest BCUT2D eigenvalue weighted by Gasteiger charge is 2.26. The van der Waals surface area contributed by atoms with E-state index in [1.165, 1.54) is 0 Å². The average molecular weight is 373 g/mol. The Bertz CT molecular complexity index is 819. The minimum Gasteiger partial charge on any atom is -0.337 e. The Morgan fingerprint density at radius 3 is 2.38 bits per heavy atom. The van der Waals surface area contributed by atoms with Crippen LogP contribution in [0.2, 0.25) is 0 Å². The van der Waals surface area contributed by atoms with E-state index >= 15 is 0 Å². The summed E-state index contributed by atoms with van der Waals surface area (Å²) in [6, 6.07) is 12.7. The maximum absolute atomic E-state index is 13.0. The van der Waals surface area contributed by atoms with Crippen LogP contribution in [0.5, 0.6) is 0 Å². The van der Waals surface area contributed by atoms with Gasteiger partial charge in [0, 0.05) is 30.3 Å². The smallest absolute Gasteiger partial charge is 0.254 e. The zero-order chi connectivity index (χ0) is 18.0. The van der Waals surface area contributed by atoms with E-state index in [1.807, 2.05) is 32.0 Å². The van der Waals surface area contributed by atoms with Gasteiger partial charge in [-0.3, -0.25) is 9.59 Å². The number of halogens is 1. The van der Waals surface area contributed by atoms with Gasteiger partial charge in [0.05, 0.1) is 5.56 Å². The third kappa shape index (κ3) is 4.14. The number of aryl methyl sites for hydroxylation is 2. The Hall–Kier alpha value is -2.17. The van der Waals surface area contributed by atoms with Crippen molar-refractivity contribution in [1.29, 1.82) is 0 Å². The summed E-state index contributed by atoms with van der Waals surface area (Å²) in [4.78, 5) is 27.7. The maximum Gasteiger partial charge on any atom is 0.254 e. The molecule has 0 aliphatic carbocycles. The first-order valence-electron chi connectivity index (χ1n) is 8.73. The van der Waals surface area contributed by atoms with Gasteiger partial charge in [0.25, 0.3) is 5.91 Å². The highest BCUT2D eigenvalue weighted by molar-refractivity contribution is 6.15. The second-order valence-electron chi connectivity index (χ2n) is 6.83. The number of hydrogen-bond acceptors (Lipinski definition) is 3. The third-order valence-corrected chi connectivity index (χ3v) is 4.92. The van der Waals surface area contributed by atoms with Crippen LogP contribution >= 0.6 is 12.4 Å². The van der Waals surface area contributed by atoms with E-state index in [-0.39, 0.29) is 30.1 Å². The number of ketones is 1. The van der Waals surface area contributed by atoms with Crippen LogP contribution in [0, 0.1) is 13.8 Å². The number of amides is 1. The van der Waals surface area contributed by atoms with Gasteiger partial charge in [-0.1, -0.05) is 30.3 Å². The topological polar surface area (TPSA) is 63.4 Å². The molecule has 4 nitrogen and oxygen atoms in total. The van der Waals surface area contributed by atoms with Gasteiger partial charge in [0.2, 0.25) is 0 Å². The highest BCUT2D eigenvalue weighted by atomic mass is 35.5. The number of carbonyl (C=O) groups excluding carboxylic acids is 2. The molecule has 1 aliphatic rings. The fourth-order valence-electron chi connectivity index (χ4n) is 3.27. The zero-order valence-electron chi connectivity index (χ0n) is 15.2. The van der Waals surface area contributed by atoms with Crippen LogP contribution < -0.4 is 5.73 Å². The predicted molar refractivity (Wildman–Crippen MR) is 106 cm³/mol. The van der Waals surface area contributed by atoms with Crippen LogP contribution in [0.3, 0.4) is 0 Å². The fourth-order valence-corrected chi connectivity index (χ4v) is 3.27. The number of nitrogens with zero attached hydrogens (tertiary/aromatic N) is 1. The van der Waals surface area contributed by atoms with Crippen molar-refractivity contribution in [1.82, 2.24) is 4.90 Å². The molecule has 2 aromatic rings. The second kappa shape index (κ2) is 8.47. The Balaban J connectivity index is 0.00000243. The van der Waals surface area contributed by atoms with E-state index in [0.717, 1.165) is 24.0 Å². The second-order valence-corrected chi connectivity index (χ2v) is 6.83. The van der Waals surface area contributed by atoms with Crippen LogP contribution in [0.4, 0.5) is 0 Å². The Kier molecular flexibility index (Phi) is 6.57.